The van der Waals surface area contributed by atoms with Crippen LogP contribution >= 0.6 is 0 Å². The predicted octanol–water partition coefficient (Wildman–Crippen LogP) is 11.1. The van der Waals surface area contributed by atoms with Gasteiger partial charge >= 0.3 is 0 Å². The lowest BCUT2D eigenvalue weighted by Crippen LogP contribution is -2.06. The van der Waals surface area contributed by atoms with Crippen LogP contribution in [0.25, 0.3) is 89.2 Å². The molecule has 10 rings (SSSR count). The Bertz CT molecular complexity index is 3250. The molecule has 7 aromatic carbocycles. The number of fused-ring (bicyclic) bond motifs is 6. The highest BCUT2D eigenvalue weighted by molar-refractivity contribution is 6.19. The van der Waals surface area contributed by atoms with Gasteiger partial charge in [0.2, 0.25) is 5.95 Å². The van der Waals surface area contributed by atoms with Gasteiger partial charge < -0.3 is 4.57 Å². The van der Waals surface area contributed by atoms with Crippen LogP contribution in [0, 0.1) is 0 Å². The fourth-order valence-corrected chi connectivity index (χ4v) is 6.61. The molecule has 0 spiro atoms. The highest BCUT2D eigenvalue weighted by Gasteiger charge is 2.21. The number of aromatic nitrogens is 5. The van der Waals surface area contributed by atoms with Crippen molar-refractivity contribution in [2.24, 2.45) is 0 Å². The van der Waals surface area contributed by atoms with Crippen molar-refractivity contribution >= 4 is 43.6 Å². The molecule has 0 aliphatic heterocycles. The maximum atomic E-state index is 10.2. The van der Waals surface area contributed by atoms with Gasteiger partial charge in [0, 0.05) is 38.4 Å². The van der Waals surface area contributed by atoms with E-state index in [0.29, 0.717) is 28.5 Å². The number of hydrogen-bond acceptors (Lipinski definition) is 3. The average Bonchev–Trinajstić information content (AvgIpc) is 3.82. The molecule has 0 unspecified atom stereocenters. The minimum absolute atomic E-state index is 0.0372. The zero-order valence-corrected chi connectivity index (χ0v) is 26.4. The zero-order chi connectivity index (χ0) is 40.0. The van der Waals surface area contributed by atoms with E-state index in [0.717, 1.165) is 11.1 Å². The van der Waals surface area contributed by atoms with Crippen LogP contribution in [0.4, 0.5) is 0 Å². The van der Waals surface area contributed by atoms with Gasteiger partial charge in [-0.05, 0) is 47.4 Å². The molecule has 0 N–H and O–H groups in total. The maximum Gasteiger partial charge on any atom is 0.238 e. The second-order valence-electron chi connectivity index (χ2n) is 11.9. The van der Waals surface area contributed by atoms with Crippen molar-refractivity contribution in [2.75, 3.05) is 0 Å². The molecule has 10 aromatic rings. The Labute approximate surface area is 299 Å². The first-order valence-electron chi connectivity index (χ1n) is 20.1. The van der Waals surface area contributed by atoms with Gasteiger partial charge in [-0.3, -0.25) is 4.57 Å². The number of nitrogens with zero attached hydrogens (tertiary/aromatic N) is 5. The summed E-state index contributed by atoms with van der Waals surface area (Å²) in [6.07, 6.45) is 0. The van der Waals surface area contributed by atoms with Crippen LogP contribution in [0.2, 0.25) is 0 Å². The molecule has 5 heteroatoms. The van der Waals surface area contributed by atoms with Crippen LogP contribution in [0.5, 0.6) is 0 Å². The Morgan fingerprint density at radius 2 is 0.920 bits per heavy atom. The zero-order valence-electron chi connectivity index (χ0n) is 34.4. The van der Waals surface area contributed by atoms with Crippen molar-refractivity contribution in [1.29, 1.82) is 0 Å². The van der Waals surface area contributed by atoms with Gasteiger partial charge in [0.25, 0.3) is 0 Å². The van der Waals surface area contributed by atoms with Gasteiger partial charge in [-0.25, -0.2) is 4.98 Å². The van der Waals surface area contributed by atoms with E-state index < -0.39 is 0 Å². The Hall–Kier alpha value is -6.85. The topological polar surface area (TPSA) is 48.5 Å². The van der Waals surface area contributed by atoms with E-state index in [-0.39, 0.29) is 97.9 Å². The van der Waals surface area contributed by atoms with Crippen molar-refractivity contribution in [3.8, 4) is 45.5 Å². The van der Waals surface area contributed by atoms with E-state index in [1.54, 1.807) is 4.57 Å². The lowest BCUT2D eigenvalue weighted by atomic mass is 10.1. The highest BCUT2D eigenvalue weighted by Crippen LogP contribution is 2.40. The van der Waals surface area contributed by atoms with Crippen LogP contribution in [0.3, 0.4) is 0 Å². The first-order valence-corrected chi connectivity index (χ1v) is 16.1. The SMILES string of the molecule is [2H]c1cc([2H])c2c(c1[2H])c1c([2H])c3c4c([2H])c([2H])cc([2H])c4n(-c4nc(-c5ccccc5)nc(-c5ccccc5)n4)c3c([2H])c1n2-c1cccc(-c2ccccc2)c1. The normalized spacial score (nSPS) is 13.8. The Balaban J connectivity index is 1.42. The van der Waals surface area contributed by atoms with Gasteiger partial charge in [0.1, 0.15) is 0 Å². The molecule has 5 nitrogen and oxygen atoms in total. The van der Waals surface area contributed by atoms with Gasteiger partial charge in [-0.1, -0.05) is 139 Å². The van der Waals surface area contributed by atoms with Crippen molar-refractivity contribution in [2.45, 2.75) is 0 Å². The van der Waals surface area contributed by atoms with Crippen LogP contribution in [-0.4, -0.2) is 24.1 Å². The molecule has 0 bridgehead atoms. The summed E-state index contributed by atoms with van der Waals surface area (Å²) in [6, 6.07) is 37.2. The minimum Gasteiger partial charge on any atom is -0.309 e. The molecular weight excluding hydrogens is 611 g/mol. The molecule has 0 aliphatic rings. The van der Waals surface area contributed by atoms with E-state index in [2.05, 4.69) is 0 Å². The summed E-state index contributed by atoms with van der Waals surface area (Å²) >= 11 is 0. The third-order valence-electron chi connectivity index (χ3n) is 8.88. The molecule has 234 valence electrons. The van der Waals surface area contributed by atoms with E-state index >= 15 is 0 Å². The fraction of sp³-hybridized carbons (Fsp3) is 0. The number of hydrogen-bond donors (Lipinski definition) is 0. The summed E-state index contributed by atoms with van der Waals surface area (Å²) in [7, 11) is 0. The summed E-state index contributed by atoms with van der Waals surface area (Å²) in [5.41, 5.74) is 4.43. The summed E-state index contributed by atoms with van der Waals surface area (Å²) in [5.74, 6) is 0.677. The van der Waals surface area contributed by atoms with Crippen LogP contribution in [0.1, 0.15) is 11.0 Å². The molecule has 3 heterocycles. The first-order chi connectivity index (χ1) is 28.1. The standard InChI is InChI=1S/C45H29N5/c1-4-15-30(16-5-1)33-21-14-22-34(27-33)49-39-25-12-10-23-35(39)37-28-38-36-24-11-13-26-40(36)50(42(38)29-41(37)49)45-47-43(31-17-6-2-7-18-31)46-44(48-45)32-19-8-3-9-20-32/h1-29H/i10D,11D,23D,24D,25D,26D,28D,29D. The fourth-order valence-electron chi connectivity index (χ4n) is 6.61. The molecule has 50 heavy (non-hydrogen) atoms. The van der Waals surface area contributed by atoms with Crippen molar-refractivity contribution < 1.29 is 11.0 Å². The lowest BCUT2D eigenvalue weighted by molar-refractivity contribution is 0.953. The monoisotopic (exact) mass is 647 g/mol. The van der Waals surface area contributed by atoms with Gasteiger partial charge in [-0.15, -0.1) is 0 Å². The molecule has 0 aliphatic carbocycles. The Morgan fingerprint density at radius 1 is 0.400 bits per heavy atom. The summed E-state index contributed by atoms with van der Waals surface area (Å²) in [5, 5.41) is 0.483. The van der Waals surface area contributed by atoms with Gasteiger partial charge in [-0.2, -0.15) is 9.97 Å². The summed E-state index contributed by atoms with van der Waals surface area (Å²) in [6.45, 7) is 0. The quantitative estimate of drug-likeness (QED) is 0.187. The first kappa shape index (κ1) is 21.2. The van der Waals surface area contributed by atoms with Gasteiger partial charge in [0.05, 0.1) is 33.0 Å². The predicted molar refractivity (Wildman–Crippen MR) is 205 cm³/mol. The third kappa shape index (κ3) is 4.52. The van der Waals surface area contributed by atoms with Crippen molar-refractivity contribution in [1.82, 2.24) is 24.1 Å². The lowest BCUT2D eigenvalue weighted by Gasteiger charge is -2.12. The number of rotatable bonds is 5. The number of para-hydroxylation sites is 2. The Morgan fingerprint density at radius 3 is 1.52 bits per heavy atom. The second kappa shape index (κ2) is 11.4. The van der Waals surface area contributed by atoms with Crippen LogP contribution in [-0.2, 0) is 0 Å². The maximum absolute atomic E-state index is 10.2. The second-order valence-corrected chi connectivity index (χ2v) is 11.9. The van der Waals surface area contributed by atoms with E-state index in [4.69, 9.17) is 19.1 Å². The molecule has 0 radical (unpaired) electrons. The molecule has 0 saturated heterocycles. The highest BCUT2D eigenvalue weighted by atomic mass is 15.2. The Kier molecular flexibility index (Phi) is 4.83. The number of benzene rings is 7. The molecule has 3 aromatic heterocycles. The van der Waals surface area contributed by atoms with Crippen LogP contribution < -0.4 is 0 Å². The molecule has 0 fully saturated rings. The van der Waals surface area contributed by atoms with Gasteiger partial charge in [0.15, 0.2) is 11.6 Å². The smallest absolute Gasteiger partial charge is 0.238 e. The third-order valence-corrected chi connectivity index (χ3v) is 8.88. The van der Waals surface area contributed by atoms with Crippen molar-refractivity contribution in [3.05, 3.63) is 176 Å². The molecule has 0 saturated carbocycles. The average molecular weight is 648 g/mol. The van der Waals surface area contributed by atoms with Crippen LogP contribution in [0.15, 0.2) is 176 Å². The summed E-state index contributed by atoms with van der Waals surface area (Å²) < 4.78 is 77.5. The molecular formula is C45H29N5. The van der Waals surface area contributed by atoms with Crippen molar-refractivity contribution in [3.63, 3.8) is 0 Å². The summed E-state index contributed by atoms with van der Waals surface area (Å²) in [4.78, 5) is 14.7. The van der Waals surface area contributed by atoms with E-state index in [9.17, 15) is 6.85 Å². The molecule has 0 amide bonds. The van der Waals surface area contributed by atoms with E-state index in [1.165, 1.54) is 16.7 Å². The van der Waals surface area contributed by atoms with E-state index in [1.807, 2.05) is 115 Å². The largest absolute Gasteiger partial charge is 0.309 e. The minimum atomic E-state index is -0.254. The molecule has 0 atom stereocenters.